The molecule has 3 aromatic rings. The van der Waals surface area contributed by atoms with Gasteiger partial charge in [-0.2, -0.15) is 4.98 Å². The third kappa shape index (κ3) is 4.45. The second kappa shape index (κ2) is 8.28. The molecule has 0 aliphatic carbocycles. The van der Waals surface area contributed by atoms with Gasteiger partial charge in [0.15, 0.2) is 5.82 Å². The molecule has 29 heavy (non-hydrogen) atoms. The highest BCUT2D eigenvalue weighted by atomic mass is 32.1. The highest BCUT2D eigenvalue weighted by molar-refractivity contribution is 7.09. The van der Waals surface area contributed by atoms with E-state index in [4.69, 9.17) is 4.52 Å². The third-order valence-corrected chi connectivity index (χ3v) is 5.98. The lowest BCUT2D eigenvalue weighted by molar-refractivity contribution is -0.125. The first-order valence-electron chi connectivity index (χ1n) is 9.53. The summed E-state index contributed by atoms with van der Waals surface area (Å²) < 4.78 is 19.8. The molecule has 2 aromatic heterocycles. The maximum Gasteiger partial charge on any atom is 0.258 e. The minimum atomic E-state index is -0.333. The molecular formula is C20H22FN5O2S. The van der Waals surface area contributed by atoms with Gasteiger partial charge in [0, 0.05) is 35.6 Å². The molecule has 0 saturated carbocycles. The number of carbonyl (C=O) groups excluding carboxylic acids is 1. The largest absolute Gasteiger partial charge is 0.369 e. The summed E-state index contributed by atoms with van der Waals surface area (Å²) >= 11 is 1.55. The van der Waals surface area contributed by atoms with E-state index in [0.717, 1.165) is 10.7 Å². The lowest BCUT2D eigenvalue weighted by Crippen LogP contribution is -2.40. The first-order chi connectivity index (χ1) is 14.0. The summed E-state index contributed by atoms with van der Waals surface area (Å²) in [6.07, 6.45) is 1.37. The van der Waals surface area contributed by atoms with E-state index < -0.39 is 0 Å². The van der Waals surface area contributed by atoms with Crippen LogP contribution in [0.25, 0.3) is 11.5 Å². The molecule has 1 amide bonds. The molecule has 1 fully saturated rings. The zero-order chi connectivity index (χ0) is 20.4. The molecule has 7 nitrogen and oxygen atoms in total. The second-order valence-corrected chi connectivity index (χ2v) is 8.12. The van der Waals surface area contributed by atoms with Crippen LogP contribution < -0.4 is 10.2 Å². The van der Waals surface area contributed by atoms with Crippen molar-refractivity contribution < 1.29 is 13.7 Å². The highest BCUT2D eigenvalue weighted by Gasteiger charge is 2.26. The van der Waals surface area contributed by atoms with Crippen LogP contribution in [-0.4, -0.2) is 34.1 Å². The van der Waals surface area contributed by atoms with Crippen LogP contribution in [0.15, 0.2) is 28.1 Å². The monoisotopic (exact) mass is 415 g/mol. The Morgan fingerprint density at radius 1 is 1.31 bits per heavy atom. The normalized spacial score (nSPS) is 14.9. The molecule has 0 bridgehead atoms. The van der Waals surface area contributed by atoms with E-state index >= 15 is 0 Å². The first kappa shape index (κ1) is 19.5. The number of thiazole rings is 1. The maximum absolute atomic E-state index is 14.7. The van der Waals surface area contributed by atoms with Gasteiger partial charge in [-0.3, -0.25) is 4.79 Å². The number of aryl methyl sites for hydroxylation is 2. The standard InChI is InChI=1S/C20H22FN5O2S/c1-12-11-29-18(23-12)10-22-19(27)14-5-7-26(8-6-14)17-4-3-15(9-16(17)21)20-24-13(2)25-28-20/h3-4,9,11,14H,5-8,10H2,1-2H3,(H,22,27). The number of hydrogen-bond donors (Lipinski definition) is 1. The van der Waals surface area contributed by atoms with Crippen LogP contribution in [0.4, 0.5) is 10.1 Å². The summed E-state index contributed by atoms with van der Waals surface area (Å²) in [5.41, 5.74) is 2.05. The summed E-state index contributed by atoms with van der Waals surface area (Å²) in [7, 11) is 0. The molecule has 152 valence electrons. The number of hydrogen-bond acceptors (Lipinski definition) is 7. The van der Waals surface area contributed by atoms with E-state index in [1.54, 1.807) is 30.4 Å². The number of aromatic nitrogens is 3. The highest BCUT2D eigenvalue weighted by Crippen LogP contribution is 2.29. The number of anilines is 1. The van der Waals surface area contributed by atoms with Crippen molar-refractivity contribution in [2.75, 3.05) is 18.0 Å². The summed E-state index contributed by atoms with van der Waals surface area (Å²) in [5.74, 6) is 0.463. The predicted molar refractivity (Wildman–Crippen MR) is 108 cm³/mol. The minimum absolute atomic E-state index is 0.0417. The summed E-state index contributed by atoms with van der Waals surface area (Å²) in [6, 6.07) is 4.92. The number of halogens is 1. The van der Waals surface area contributed by atoms with Crippen LogP contribution in [0.1, 0.15) is 29.4 Å². The average molecular weight is 415 g/mol. The van der Waals surface area contributed by atoms with Crippen LogP contribution in [0.5, 0.6) is 0 Å². The van der Waals surface area contributed by atoms with Gasteiger partial charge >= 0.3 is 0 Å². The molecule has 3 heterocycles. The number of piperidine rings is 1. The number of rotatable bonds is 5. The topological polar surface area (TPSA) is 84.2 Å². The SMILES string of the molecule is Cc1csc(CNC(=O)C2CCN(c3ccc(-c4nc(C)no4)cc3F)CC2)n1. The fourth-order valence-corrected chi connectivity index (χ4v) is 4.20. The summed E-state index contributed by atoms with van der Waals surface area (Å²) in [6.45, 7) is 5.37. The number of carbonyl (C=O) groups is 1. The Kier molecular flexibility index (Phi) is 5.57. The summed E-state index contributed by atoms with van der Waals surface area (Å²) in [5, 5.41) is 9.58. The van der Waals surface area contributed by atoms with E-state index in [0.29, 0.717) is 55.4 Å². The van der Waals surface area contributed by atoms with E-state index in [2.05, 4.69) is 20.4 Å². The van der Waals surface area contributed by atoms with Gasteiger partial charge in [0.1, 0.15) is 10.8 Å². The molecule has 1 aromatic carbocycles. The smallest absolute Gasteiger partial charge is 0.258 e. The Labute approximate surface area is 172 Å². The van der Waals surface area contributed by atoms with Crippen molar-refractivity contribution in [2.45, 2.75) is 33.2 Å². The molecule has 1 aliphatic heterocycles. The molecule has 0 spiro atoms. The van der Waals surface area contributed by atoms with Crippen molar-refractivity contribution in [1.29, 1.82) is 0 Å². The lowest BCUT2D eigenvalue weighted by Gasteiger charge is -2.33. The Morgan fingerprint density at radius 2 is 2.10 bits per heavy atom. The molecule has 9 heteroatoms. The Bertz CT molecular complexity index is 1010. The quantitative estimate of drug-likeness (QED) is 0.687. The van der Waals surface area contributed by atoms with Crippen molar-refractivity contribution in [3.63, 3.8) is 0 Å². The van der Waals surface area contributed by atoms with Gasteiger partial charge in [-0.25, -0.2) is 9.37 Å². The van der Waals surface area contributed by atoms with Crippen molar-refractivity contribution in [1.82, 2.24) is 20.4 Å². The number of nitrogens with zero attached hydrogens (tertiary/aromatic N) is 4. The zero-order valence-corrected chi connectivity index (χ0v) is 17.1. The fraction of sp³-hybridized carbons (Fsp3) is 0.400. The van der Waals surface area contributed by atoms with Gasteiger partial charge in [0.05, 0.1) is 12.2 Å². The molecular weight excluding hydrogens is 393 g/mol. The van der Waals surface area contributed by atoms with Crippen LogP contribution in [0, 0.1) is 25.6 Å². The molecule has 1 N–H and O–H groups in total. The fourth-order valence-electron chi connectivity index (χ4n) is 3.48. The van der Waals surface area contributed by atoms with E-state index in [1.807, 2.05) is 17.2 Å². The van der Waals surface area contributed by atoms with Crippen molar-refractivity contribution in [3.05, 3.63) is 45.9 Å². The van der Waals surface area contributed by atoms with Crippen LogP contribution >= 0.6 is 11.3 Å². The first-order valence-corrected chi connectivity index (χ1v) is 10.4. The molecule has 0 atom stereocenters. The Morgan fingerprint density at radius 3 is 2.72 bits per heavy atom. The average Bonchev–Trinajstić information content (AvgIpc) is 3.34. The number of benzene rings is 1. The van der Waals surface area contributed by atoms with E-state index in [-0.39, 0.29) is 17.6 Å². The van der Waals surface area contributed by atoms with Crippen LogP contribution in [0.2, 0.25) is 0 Å². The van der Waals surface area contributed by atoms with Gasteiger partial charge in [-0.1, -0.05) is 5.16 Å². The molecule has 1 aliphatic rings. The van der Waals surface area contributed by atoms with E-state index in [9.17, 15) is 9.18 Å². The van der Waals surface area contributed by atoms with Crippen molar-refractivity contribution in [3.8, 4) is 11.5 Å². The molecule has 0 unspecified atom stereocenters. The van der Waals surface area contributed by atoms with Crippen LogP contribution in [0.3, 0.4) is 0 Å². The molecule has 1 saturated heterocycles. The predicted octanol–water partition coefficient (Wildman–Crippen LogP) is 3.48. The second-order valence-electron chi connectivity index (χ2n) is 7.17. The van der Waals surface area contributed by atoms with Crippen LogP contribution in [-0.2, 0) is 11.3 Å². The van der Waals surface area contributed by atoms with Gasteiger partial charge in [0.2, 0.25) is 5.91 Å². The number of nitrogens with one attached hydrogen (secondary N) is 1. The molecule has 4 rings (SSSR count). The maximum atomic E-state index is 14.7. The lowest BCUT2D eigenvalue weighted by atomic mass is 9.95. The van der Waals surface area contributed by atoms with Gasteiger partial charge in [-0.15, -0.1) is 11.3 Å². The Hall–Kier alpha value is -2.81. The Balaban J connectivity index is 1.33. The van der Waals surface area contributed by atoms with Gasteiger partial charge in [0.25, 0.3) is 5.89 Å². The minimum Gasteiger partial charge on any atom is -0.369 e. The van der Waals surface area contributed by atoms with Crippen molar-refractivity contribution >= 4 is 22.9 Å². The molecule has 0 radical (unpaired) electrons. The van der Waals surface area contributed by atoms with Crippen molar-refractivity contribution in [2.24, 2.45) is 5.92 Å². The van der Waals surface area contributed by atoms with Gasteiger partial charge < -0.3 is 14.7 Å². The number of amides is 1. The zero-order valence-electron chi connectivity index (χ0n) is 16.3. The van der Waals surface area contributed by atoms with E-state index in [1.165, 1.54) is 6.07 Å². The third-order valence-electron chi connectivity index (χ3n) is 5.01. The van der Waals surface area contributed by atoms with Gasteiger partial charge in [-0.05, 0) is 44.9 Å². The summed E-state index contributed by atoms with van der Waals surface area (Å²) in [4.78, 5) is 22.9.